The van der Waals surface area contributed by atoms with Gasteiger partial charge in [-0.2, -0.15) is 0 Å². The van der Waals surface area contributed by atoms with Gasteiger partial charge in [-0.05, 0) is 90.8 Å². The van der Waals surface area contributed by atoms with Gasteiger partial charge in [0.2, 0.25) is 0 Å². The predicted molar refractivity (Wildman–Crippen MR) is 127 cm³/mol. The van der Waals surface area contributed by atoms with E-state index < -0.39 is 11.6 Å². The molecule has 0 unspecified atom stereocenters. The first-order chi connectivity index (χ1) is 13.6. The van der Waals surface area contributed by atoms with E-state index in [2.05, 4.69) is 61.9 Å². The molecular weight excluding hydrogens is 596 g/mol. The minimum Gasteiger partial charge on any atom is -0.465 e. The summed E-state index contributed by atoms with van der Waals surface area (Å²) in [7, 11) is 0. The van der Waals surface area contributed by atoms with Gasteiger partial charge >= 0.3 is 6.09 Å². The van der Waals surface area contributed by atoms with Gasteiger partial charge in [0, 0.05) is 5.54 Å². The summed E-state index contributed by atoms with van der Waals surface area (Å²) >= 11 is 4.63. The van der Waals surface area contributed by atoms with Gasteiger partial charge in [-0.15, -0.1) is 0 Å². The number of imidazole rings is 1. The molecule has 3 fully saturated rings. The third-order valence-electron chi connectivity index (χ3n) is 5.98. The Balaban J connectivity index is 1.50. The molecule has 3 saturated carbocycles. The van der Waals surface area contributed by atoms with Crippen molar-refractivity contribution in [2.75, 3.05) is 0 Å². The third kappa shape index (κ3) is 3.58. The van der Waals surface area contributed by atoms with Crippen molar-refractivity contribution >= 4 is 51.3 Å². The number of amides is 1. The Morgan fingerprint density at radius 3 is 2.38 bits per heavy atom. The average molecular weight is 621 g/mol. The molecule has 2 bridgehead atoms. The van der Waals surface area contributed by atoms with Crippen molar-refractivity contribution in [1.29, 1.82) is 0 Å². The molecule has 29 heavy (non-hydrogen) atoms. The van der Waals surface area contributed by atoms with Gasteiger partial charge < -0.3 is 14.4 Å². The Labute approximate surface area is 198 Å². The lowest BCUT2D eigenvalue weighted by molar-refractivity contribution is -0.215. The van der Waals surface area contributed by atoms with Gasteiger partial charge in [-0.25, -0.2) is 9.78 Å². The minimum absolute atomic E-state index is 0.0304. The number of benzene rings is 1. The molecule has 6 nitrogen and oxygen atoms in total. The van der Waals surface area contributed by atoms with E-state index in [9.17, 15) is 9.90 Å². The van der Waals surface area contributed by atoms with Crippen LogP contribution in [0.4, 0.5) is 4.79 Å². The van der Waals surface area contributed by atoms with Gasteiger partial charge in [-0.3, -0.25) is 4.90 Å². The lowest BCUT2D eigenvalue weighted by Gasteiger charge is -2.75. The number of aromatic nitrogens is 2. The van der Waals surface area contributed by atoms with Crippen LogP contribution in [0.2, 0.25) is 0 Å². The van der Waals surface area contributed by atoms with Crippen molar-refractivity contribution in [3.05, 3.63) is 49.1 Å². The van der Waals surface area contributed by atoms with Crippen LogP contribution in [0.15, 0.2) is 30.3 Å². The molecule has 0 spiro atoms. The Bertz CT molecular complexity index is 917. The maximum Gasteiger partial charge on any atom is 0.408 e. The van der Waals surface area contributed by atoms with Crippen molar-refractivity contribution < 1.29 is 14.6 Å². The average Bonchev–Trinajstić information content (AvgIpc) is 2.83. The van der Waals surface area contributed by atoms with Gasteiger partial charge in [0.15, 0.2) is 0 Å². The number of hydrogen-bond donors (Lipinski definition) is 1. The molecular formula is C21H25I2N3O3. The number of hydrogen-bond acceptors (Lipinski definition) is 3. The largest absolute Gasteiger partial charge is 0.465 e. The molecule has 1 aromatic carbocycles. The highest BCUT2D eigenvalue weighted by Gasteiger charge is 2.74. The fourth-order valence-electron chi connectivity index (χ4n) is 5.19. The molecule has 0 aliphatic heterocycles. The number of halogens is 2. The quantitative estimate of drug-likeness (QED) is 0.450. The molecule has 2 aromatic rings. The van der Waals surface area contributed by atoms with E-state index in [4.69, 9.17) is 9.72 Å². The first-order valence-electron chi connectivity index (χ1n) is 9.66. The minimum atomic E-state index is -0.827. The van der Waals surface area contributed by atoms with Crippen LogP contribution in [0.25, 0.3) is 0 Å². The summed E-state index contributed by atoms with van der Waals surface area (Å²) in [5.41, 5.74) is 0.459. The van der Waals surface area contributed by atoms with E-state index >= 15 is 0 Å². The SMILES string of the molecule is CC(C)(C)N(C(=O)O)C12CC(n3c(COCc4ccccc4)nc(I)c3I)(C1)C2. The van der Waals surface area contributed by atoms with Gasteiger partial charge in [0.25, 0.3) is 0 Å². The fraction of sp³-hybridized carbons (Fsp3) is 0.524. The van der Waals surface area contributed by atoms with Crippen LogP contribution in [0.1, 0.15) is 51.4 Å². The third-order valence-corrected chi connectivity index (χ3v) is 8.76. The lowest BCUT2D eigenvalue weighted by atomic mass is 9.42. The molecule has 3 aliphatic carbocycles. The second kappa shape index (κ2) is 7.37. The van der Waals surface area contributed by atoms with Crippen LogP contribution in [0.5, 0.6) is 0 Å². The topological polar surface area (TPSA) is 67.6 Å². The molecule has 0 radical (unpaired) electrons. The molecule has 0 atom stereocenters. The first-order valence-corrected chi connectivity index (χ1v) is 11.8. The summed E-state index contributed by atoms with van der Waals surface area (Å²) in [4.78, 5) is 18.4. The molecule has 3 aliphatic rings. The Morgan fingerprint density at radius 1 is 1.21 bits per heavy atom. The Hall–Kier alpha value is -0.880. The van der Waals surface area contributed by atoms with Gasteiger partial charge in [-0.1, -0.05) is 30.3 Å². The zero-order valence-corrected chi connectivity index (χ0v) is 21.1. The molecule has 1 aromatic heterocycles. The molecule has 1 amide bonds. The summed E-state index contributed by atoms with van der Waals surface area (Å²) < 4.78 is 10.4. The van der Waals surface area contributed by atoms with Crippen molar-refractivity contribution in [2.45, 2.75) is 69.9 Å². The van der Waals surface area contributed by atoms with Gasteiger partial charge in [0.1, 0.15) is 19.8 Å². The van der Waals surface area contributed by atoms with Crippen LogP contribution < -0.4 is 0 Å². The van der Waals surface area contributed by atoms with Crippen LogP contribution in [0.3, 0.4) is 0 Å². The van der Waals surface area contributed by atoms with Crippen molar-refractivity contribution in [2.24, 2.45) is 0 Å². The molecule has 1 N–H and O–H groups in total. The lowest BCUT2D eigenvalue weighted by Crippen LogP contribution is -2.81. The van der Waals surface area contributed by atoms with Crippen molar-refractivity contribution in [1.82, 2.24) is 14.5 Å². The van der Waals surface area contributed by atoms with E-state index in [-0.39, 0.29) is 11.1 Å². The second-order valence-corrected chi connectivity index (χ2v) is 11.2. The summed E-state index contributed by atoms with van der Waals surface area (Å²) in [6, 6.07) is 10.1. The summed E-state index contributed by atoms with van der Waals surface area (Å²) in [6.45, 7) is 6.92. The number of nitrogens with zero attached hydrogens (tertiary/aromatic N) is 3. The predicted octanol–water partition coefficient (Wildman–Crippen LogP) is 5.22. The zero-order chi connectivity index (χ0) is 21.0. The summed E-state index contributed by atoms with van der Waals surface area (Å²) in [5.74, 6) is 0.931. The molecule has 8 heteroatoms. The molecule has 1 heterocycles. The fourth-order valence-corrected chi connectivity index (χ4v) is 6.62. The second-order valence-electron chi connectivity index (χ2n) is 9.19. The number of ether oxygens (including phenoxy) is 1. The van der Waals surface area contributed by atoms with E-state index in [1.54, 1.807) is 4.90 Å². The van der Waals surface area contributed by atoms with Crippen LogP contribution in [-0.2, 0) is 23.5 Å². The van der Waals surface area contributed by atoms with E-state index in [0.29, 0.717) is 13.2 Å². The van der Waals surface area contributed by atoms with E-state index in [1.165, 1.54) is 0 Å². The maximum absolute atomic E-state index is 11.9. The summed E-state index contributed by atoms with van der Waals surface area (Å²) in [5, 5.41) is 9.81. The first kappa shape index (κ1) is 21.4. The summed E-state index contributed by atoms with van der Waals surface area (Å²) in [6.07, 6.45) is 1.71. The monoisotopic (exact) mass is 621 g/mol. The van der Waals surface area contributed by atoms with E-state index in [0.717, 1.165) is 38.1 Å². The van der Waals surface area contributed by atoms with Crippen LogP contribution in [0, 0.1) is 7.40 Å². The Morgan fingerprint density at radius 2 is 1.83 bits per heavy atom. The van der Waals surface area contributed by atoms with Crippen LogP contribution >= 0.6 is 45.2 Å². The van der Waals surface area contributed by atoms with Crippen LogP contribution in [-0.4, -0.2) is 36.7 Å². The highest BCUT2D eigenvalue weighted by Crippen LogP contribution is 2.69. The van der Waals surface area contributed by atoms with Crippen molar-refractivity contribution in [3.63, 3.8) is 0 Å². The molecule has 156 valence electrons. The number of carbonyl (C=O) groups is 1. The normalized spacial score (nSPS) is 25.3. The highest BCUT2D eigenvalue weighted by atomic mass is 127. The maximum atomic E-state index is 11.9. The zero-order valence-electron chi connectivity index (χ0n) is 16.8. The van der Waals surface area contributed by atoms with E-state index in [1.807, 2.05) is 39.0 Å². The smallest absolute Gasteiger partial charge is 0.408 e. The Kier molecular flexibility index (Phi) is 5.42. The number of rotatable bonds is 6. The molecule has 0 saturated heterocycles. The van der Waals surface area contributed by atoms with Crippen molar-refractivity contribution in [3.8, 4) is 0 Å². The molecule has 5 rings (SSSR count). The number of carboxylic acid groups (broad SMARTS) is 1. The standard InChI is InChI=1S/C21H25I2N3O3/c1-19(2,3)26(18(27)28)21-11-20(12-21,13-21)25-15(24-16(22)17(25)23)10-29-9-14-7-5-4-6-8-14/h4-8H,9-13H2,1-3H3,(H,27,28). The van der Waals surface area contributed by atoms with Gasteiger partial charge in [0.05, 0.1) is 17.7 Å². The highest BCUT2D eigenvalue weighted by molar-refractivity contribution is 14.1.